The molecule has 1 aromatic carbocycles. The fourth-order valence-electron chi connectivity index (χ4n) is 3.15. The summed E-state index contributed by atoms with van der Waals surface area (Å²) < 4.78 is 15.9. The lowest BCUT2D eigenvalue weighted by Gasteiger charge is -2.31. The van der Waals surface area contributed by atoms with Crippen LogP contribution < -0.4 is 14.4 Å². The van der Waals surface area contributed by atoms with Crippen LogP contribution in [0.1, 0.15) is 18.4 Å². The molecule has 0 aromatic heterocycles. The topological polar surface area (TPSA) is 65.1 Å². The van der Waals surface area contributed by atoms with E-state index in [0.717, 1.165) is 11.3 Å². The highest BCUT2D eigenvalue weighted by molar-refractivity contribution is 6.10. The lowest BCUT2D eigenvalue weighted by molar-refractivity contribution is -0.152. The summed E-state index contributed by atoms with van der Waals surface area (Å²) in [5.41, 5.74) is 0.708. The highest BCUT2D eigenvalue weighted by atomic mass is 16.5. The normalized spacial score (nSPS) is 24.0. The van der Waals surface area contributed by atoms with Crippen LogP contribution in [0.5, 0.6) is 11.5 Å². The van der Waals surface area contributed by atoms with Crippen molar-refractivity contribution < 1.29 is 23.8 Å². The van der Waals surface area contributed by atoms with Gasteiger partial charge in [-0.1, -0.05) is 0 Å². The van der Waals surface area contributed by atoms with Crippen molar-refractivity contribution in [3.05, 3.63) is 17.7 Å². The van der Waals surface area contributed by atoms with Crippen molar-refractivity contribution in [2.75, 3.05) is 32.8 Å². The fourth-order valence-corrected chi connectivity index (χ4v) is 3.15. The van der Waals surface area contributed by atoms with Gasteiger partial charge >= 0.3 is 5.97 Å². The van der Waals surface area contributed by atoms with E-state index in [2.05, 4.69) is 0 Å². The fraction of sp³-hybridized carbons (Fsp3) is 0.467. The number of nitrogens with zero attached hydrogens (tertiary/aromatic N) is 1. The number of amides is 1. The SMILES string of the molecule is COc1cc(OC)c2c(c1)C1(CCC(=O)OC1)C(=O)N2C. The van der Waals surface area contributed by atoms with Gasteiger partial charge in [0.15, 0.2) is 0 Å². The van der Waals surface area contributed by atoms with Crippen molar-refractivity contribution in [1.29, 1.82) is 0 Å². The number of hydrogen-bond donors (Lipinski definition) is 0. The van der Waals surface area contributed by atoms with Crippen LogP contribution in [0.3, 0.4) is 0 Å². The predicted octanol–water partition coefficient (Wildman–Crippen LogP) is 1.25. The molecule has 6 nitrogen and oxygen atoms in total. The molecule has 1 saturated heterocycles. The van der Waals surface area contributed by atoms with E-state index in [1.54, 1.807) is 32.2 Å². The molecule has 2 heterocycles. The molecule has 2 aliphatic rings. The Kier molecular flexibility index (Phi) is 3.04. The van der Waals surface area contributed by atoms with Crippen LogP contribution in [0, 0.1) is 0 Å². The van der Waals surface area contributed by atoms with Gasteiger partial charge in [-0.3, -0.25) is 9.59 Å². The first-order valence-electron chi connectivity index (χ1n) is 6.74. The third-order valence-electron chi connectivity index (χ3n) is 4.30. The molecule has 1 atom stereocenters. The molecular weight excluding hydrogens is 274 g/mol. The third kappa shape index (κ3) is 1.78. The van der Waals surface area contributed by atoms with E-state index in [4.69, 9.17) is 14.2 Å². The van der Waals surface area contributed by atoms with Gasteiger partial charge in [0.2, 0.25) is 5.91 Å². The zero-order valence-electron chi connectivity index (χ0n) is 12.3. The third-order valence-corrected chi connectivity index (χ3v) is 4.30. The predicted molar refractivity (Wildman–Crippen MR) is 74.8 cm³/mol. The number of methoxy groups -OCH3 is 2. The van der Waals surface area contributed by atoms with Gasteiger partial charge in [-0.05, 0) is 12.5 Å². The summed E-state index contributed by atoms with van der Waals surface area (Å²) >= 11 is 0. The molecule has 0 aliphatic carbocycles. The van der Waals surface area contributed by atoms with Crippen LogP contribution in [0.4, 0.5) is 5.69 Å². The van der Waals surface area contributed by atoms with E-state index in [1.807, 2.05) is 6.07 Å². The molecule has 112 valence electrons. The number of rotatable bonds is 2. The summed E-state index contributed by atoms with van der Waals surface area (Å²) in [6, 6.07) is 3.58. The molecule has 1 amide bonds. The summed E-state index contributed by atoms with van der Waals surface area (Å²) in [5, 5.41) is 0. The van der Waals surface area contributed by atoms with E-state index in [0.29, 0.717) is 17.9 Å². The Bertz CT molecular complexity index is 615. The Labute approximate surface area is 122 Å². The van der Waals surface area contributed by atoms with Gasteiger partial charge in [-0.15, -0.1) is 0 Å². The van der Waals surface area contributed by atoms with Crippen molar-refractivity contribution in [3.63, 3.8) is 0 Å². The minimum atomic E-state index is -0.820. The lowest BCUT2D eigenvalue weighted by atomic mass is 9.77. The van der Waals surface area contributed by atoms with Gasteiger partial charge < -0.3 is 19.1 Å². The first-order chi connectivity index (χ1) is 10.0. The number of fused-ring (bicyclic) bond motifs is 2. The van der Waals surface area contributed by atoms with Gasteiger partial charge in [0.25, 0.3) is 0 Å². The van der Waals surface area contributed by atoms with Crippen LogP contribution in [0.2, 0.25) is 0 Å². The Hall–Kier alpha value is -2.24. The molecule has 0 N–H and O–H groups in total. The van der Waals surface area contributed by atoms with Crippen LogP contribution in [0.25, 0.3) is 0 Å². The van der Waals surface area contributed by atoms with Crippen LogP contribution in [-0.4, -0.2) is 39.8 Å². The average Bonchev–Trinajstić information content (AvgIpc) is 2.72. The molecule has 0 radical (unpaired) electrons. The summed E-state index contributed by atoms with van der Waals surface area (Å²) in [6.07, 6.45) is 0.677. The van der Waals surface area contributed by atoms with Gasteiger partial charge in [0.1, 0.15) is 23.5 Å². The molecule has 1 aromatic rings. The largest absolute Gasteiger partial charge is 0.497 e. The molecule has 0 saturated carbocycles. The number of cyclic esters (lactones) is 1. The Balaban J connectivity index is 2.19. The lowest BCUT2D eigenvalue weighted by Crippen LogP contribution is -2.46. The monoisotopic (exact) mass is 291 g/mol. The van der Waals surface area contributed by atoms with Gasteiger partial charge in [0.05, 0.1) is 19.9 Å². The highest BCUT2D eigenvalue weighted by Crippen LogP contribution is 2.51. The van der Waals surface area contributed by atoms with E-state index in [1.165, 1.54) is 0 Å². The number of carbonyl (C=O) groups is 2. The van der Waals surface area contributed by atoms with Crippen molar-refractivity contribution in [1.82, 2.24) is 0 Å². The zero-order valence-corrected chi connectivity index (χ0v) is 12.3. The average molecular weight is 291 g/mol. The molecule has 1 spiro atoms. The Morgan fingerprint density at radius 2 is 2.00 bits per heavy atom. The quantitative estimate of drug-likeness (QED) is 0.767. The number of esters is 1. The number of likely N-dealkylation sites (N-methyl/N-ethyl adjacent to an activating group) is 1. The maximum absolute atomic E-state index is 12.8. The van der Waals surface area contributed by atoms with E-state index < -0.39 is 5.41 Å². The summed E-state index contributed by atoms with van der Waals surface area (Å²) in [6.45, 7) is 0.0678. The summed E-state index contributed by atoms with van der Waals surface area (Å²) in [7, 11) is 4.83. The van der Waals surface area contributed by atoms with E-state index >= 15 is 0 Å². The maximum atomic E-state index is 12.8. The minimum Gasteiger partial charge on any atom is -0.497 e. The standard InChI is InChI=1S/C15H17NO5/c1-16-13-10(6-9(19-2)7-11(13)20-3)15(14(16)18)5-4-12(17)21-8-15/h6-7H,4-5,8H2,1-3H3. The van der Waals surface area contributed by atoms with Crippen molar-refractivity contribution in [3.8, 4) is 11.5 Å². The second kappa shape index (κ2) is 4.65. The molecule has 21 heavy (non-hydrogen) atoms. The van der Waals surface area contributed by atoms with Gasteiger partial charge in [-0.25, -0.2) is 0 Å². The smallest absolute Gasteiger partial charge is 0.305 e. The highest BCUT2D eigenvalue weighted by Gasteiger charge is 2.53. The number of anilines is 1. The van der Waals surface area contributed by atoms with Crippen LogP contribution >= 0.6 is 0 Å². The molecule has 3 rings (SSSR count). The number of hydrogen-bond acceptors (Lipinski definition) is 5. The second-order valence-corrected chi connectivity index (χ2v) is 5.33. The Morgan fingerprint density at radius 3 is 2.57 bits per heavy atom. The molecule has 1 unspecified atom stereocenters. The summed E-state index contributed by atoms with van der Waals surface area (Å²) in [5.74, 6) is 0.856. The number of ether oxygens (including phenoxy) is 3. The first-order valence-corrected chi connectivity index (χ1v) is 6.74. The van der Waals surface area contributed by atoms with Crippen molar-refractivity contribution >= 4 is 17.6 Å². The molecule has 6 heteroatoms. The molecule has 0 bridgehead atoms. The number of benzene rings is 1. The van der Waals surface area contributed by atoms with Crippen LogP contribution in [-0.2, 0) is 19.7 Å². The van der Waals surface area contributed by atoms with Crippen LogP contribution in [0.15, 0.2) is 12.1 Å². The second-order valence-electron chi connectivity index (χ2n) is 5.33. The molecule has 1 fully saturated rings. The van der Waals surface area contributed by atoms with Gasteiger partial charge in [0, 0.05) is 25.1 Å². The van der Waals surface area contributed by atoms with Crippen molar-refractivity contribution in [2.24, 2.45) is 0 Å². The minimum absolute atomic E-state index is 0.0678. The number of carbonyl (C=O) groups excluding carboxylic acids is 2. The first kappa shape index (κ1) is 13.7. The van der Waals surface area contributed by atoms with Crippen molar-refractivity contribution in [2.45, 2.75) is 18.3 Å². The zero-order chi connectivity index (χ0) is 15.2. The van der Waals surface area contributed by atoms with E-state index in [-0.39, 0.29) is 24.9 Å². The summed E-state index contributed by atoms with van der Waals surface area (Å²) in [4.78, 5) is 25.7. The Morgan fingerprint density at radius 1 is 1.24 bits per heavy atom. The van der Waals surface area contributed by atoms with E-state index in [9.17, 15) is 9.59 Å². The molecule has 2 aliphatic heterocycles. The molecular formula is C15H17NO5. The van der Waals surface area contributed by atoms with Gasteiger partial charge in [-0.2, -0.15) is 0 Å². The maximum Gasteiger partial charge on any atom is 0.305 e.